The predicted molar refractivity (Wildman–Crippen MR) is 15.2 cm³/mol. The fourth-order valence-corrected chi connectivity index (χ4v) is 0.0527. The molecule has 0 bridgehead atoms. The molecule has 0 aliphatic heterocycles. The van der Waals surface area contributed by atoms with Gasteiger partial charge in [0.15, 0.2) is 6.79 Å². The third-order valence-corrected chi connectivity index (χ3v) is 0.171. The van der Waals surface area contributed by atoms with Crippen molar-refractivity contribution >= 4 is 0 Å². The van der Waals surface area contributed by atoms with Crippen LogP contribution < -0.4 is 0 Å². The topological polar surface area (TPSA) is 38.7 Å². The average Bonchev–Trinajstić information content (AvgIpc) is 1.41. The Morgan fingerprint density at radius 3 is 2.40 bits per heavy atom. The van der Waals surface area contributed by atoms with Gasteiger partial charge in [0.2, 0.25) is 0 Å². The molecule has 0 atom stereocenters. The van der Waals surface area contributed by atoms with E-state index >= 15 is 0 Å². The minimum absolute atomic E-state index is 0.378. The molecule has 1 N–H and O–H groups in total. The van der Waals surface area contributed by atoms with E-state index in [2.05, 4.69) is 9.78 Å². The van der Waals surface area contributed by atoms with Crippen molar-refractivity contribution in [2.75, 3.05) is 13.9 Å². The van der Waals surface area contributed by atoms with E-state index in [9.17, 15) is 0 Å². The van der Waals surface area contributed by atoms with Gasteiger partial charge in [-0.3, -0.25) is 0 Å². The van der Waals surface area contributed by atoms with Gasteiger partial charge in [-0.15, -0.1) is 0 Å². The van der Waals surface area contributed by atoms with E-state index in [-0.39, 0.29) is 6.79 Å². The minimum atomic E-state index is -0.378. The Morgan fingerprint density at radius 2 is 2.40 bits per heavy atom. The van der Waals surface area contributed by atoms with Crippen molar-refractivity contribution < 1.29 is 14.9 Å². The molecule has 0 unspecified atom stereocenters. The van der Waals surface area contributed by atoms with Crippen molar-refractivity contribution in [3.63, 3.8) is 0 Å². The van der Waals surface area contributed by atoms with Crippen LogP contribution in [0, 0.1) is 0 Å². The first kappa shape index (κ1) is 4.88. The van der Waals surface area contributed by atoms with Crippen molar-refractivity contribution in [1.29, 1.82) is 0 Å². The third kappa shape index (κ3) is 3.88. The van der Waals surface area contributed by atoms with Gasteiger partial charge in [-0.2, -0.15) is 0 Å². The highest BCUT2D eigenvalue weighted by molar-refractivity contribution is 3.65. The van der Waals surface area contributed by atoms with Crippen LogP contribution in [0.3, 0.4) is 0 Å². The molecule has 0 heterocycles. The lowest BCUT2D eigenvalue weighted by Gasteiger charge is -1.85. The van der Waals surface area contributed by atoms with Crippen LogP contribution in [0.4, 0.5) is 0 Å². The second-order valence-electron chi connectivity index (χ2n) is 0.414. The van der Waals surface area contributed by atoms with E-state index in [0.717, 1.165) is 0 Å². The quantitative estimate of drug-likeness (QED) is 0.275. The molecule has 0 rings (SSSR count). The molecular weight excluding hydrogens is 72.0 g/mol. The van der Waals surface area contributed by atoms with E-state index in [0.29, 0.717) is 0 Å². The van der Waals surface area contributed by atoms with Crippen molar-refractivity contribution in [3.8, 4) is 0 Å². The van der Waals surface area contributed by atoms with E-state index < -0.39 is 0 Å². The number of rotatable bonds is 2. The average molecular weight is 78.1 g/mol. The van der Waals surface area contributed by atoms with E-state index in [4.69, 9.17) is 5.11 Å². The number of hydrogen-bond acceptors (Lipinski definition) is 3. The summed E-state index contributed by atoms with van der Waals surface area (Å²) in [6.45, 7) is -0.378. The summed E-state index contributed by atoms with van der Waals surface area (Å²) < 4.78 is 0. The Labute approximate surface area is 30.1 Å². The highest BCUT2D eigenvalue weighted by Gasteiger charge is 1.64. The molecule has 0 saturated heterocycles. The minimum Gasteiger partial charge on any atom is -0.368 e. The van der Waals surface area contributed by atoms with Crippen molar-refractivity contribution in [2.24, 2.45) is 0 Å². The summed E-state index contributed by atoms with van der Waals surface area (Å²) in [5.74, 6) is 0. The van der Waals surface area contributed by atoms with E-state index in [1.165, 1.54) is 7.11 Å². The molecule has 3 nitrogen and oxygen atoms in total. The van der Waals surface area contributed by atoms with Gasteiger partial charge in [0.25, 0.3) is 0 Å². The lowest BCUT2D eigenvalue weighted by molar-refractivity contribution is -0.309. The van der Waals surface area contributed by atoms with Crippen LogP contribution in [0.2, 0.25) is 0 Å². The molecule has 0 amide bonds. The first-order valence-corrected chi connectivity index (χ1v) is 1.18. The van der Waals surface area contributed by atoms with Crippen LogP contribution in [0.15, 0.2) is 0 Å². The van der Waals surface area contributed by atoms with Crippen LogP contribution >= 0.6 is 0 Å². The Kier molecular flexibility index (Phi) is 3.79. The number of hydrogen-bond donors (Lipinski definition) is 1. The maximum absolute atomic E-state index is 7.72. The summed E-state index contributed by atoms with van der Waals surface area (Å²) in [5.41, 5.74) is 0. The molecule has 0 aliphatic carbocycles. The van der Waals surface area contributed by atoms with Crippen molar-refractivity contribution in [1.82, 2.24) is 0 Å². The van der Waals surface area contributed by atoms with Crippen molar-refractivity contribution in [3.05, 3.63) is 0 Å². The zero-order valence-electron chi connectivity index (χ0n) is 2.97. The van der Waals surface area contributed by atoms with Crippen LogP contribution in [0.25, 0.3) is 0 Å². The van der Waals surface area contributed by atoms with Crippen LogP contribution in [-0.4, -0.2) is 19.0 Å². The van der Waals surface area contributed by atoms with Gasteiger partial charge in [-0.1, -0.05) is 0 Å². The Bertz CT molecular complexity index is 12.4. The monoisotopic (exact) mass is 78.0 g/mol. The second kappa shape index (κ2) is 3.88. The highest BCUT2D eigenvalue weighted by Crippen LogP contribution is 1.61. The van der Waals surface area contributed by atoms with E-state index in [1.807, 2.05) is 0 Å². The molecule has 0 saturated carbocycles. The molecule has 32 valence electrons. The summed E-state index contributed by atoms with van der Waals surface area (Å²) in [7, 11) is 1.33. The van der Waals surface area contributed by atoms with Gasteiger partial charge in [0.05, 0.1) is 7.11 Å². The highest BCUT2D eigenvalue weighted by atomic mass is 17.2. The molecule has 0 aromatic heterocycles. The van der Waals surface area contributed by atoms with Crippen LogP contribution in [-0.2, 0) is 9.78 Å². The summed E-state index contributed by atoms with van der Waals surface area (Å²) in [4.78, 5) is 7.83. The normalized spacial score (nSPS) is 8.40. The zero-order chi connectivity index (χ0) is 4.12. The maximum Gasteiger partial charge on any atom is 0.178 e. The number of aliphatic hydroxyl groups is 1. The predicted octanol–water partition coefficient (Wildman–Crippen LogP) is -0.486. The second-order valence-corrected chi connectivity index (χ2v) is 0.414. The van der Waals surface area contributed by atoms with Crippen molar-refractivity contribution in [2.45, 2.75) is 0 Å². The molecule has 5 heavy (non-hydrogen) atoms. The largest absolute Gasteiger partial charge is 0.368 e. The molecule has 0 aromatic rings. The standard InChI is InChI=1S/C2H6O3/c1-4-5-2-3/h3H,2H2,1H3. The Balaban J connectivity index is 2.19. The van der Waals surface area contributed by atoms with Gasteiger partial charge >= 0.3 is 0 Å². The lowest BCUT2D eigenvalue weighted by atomic mass is 11.5. The Morgan fingerprint density at radius 1 is 1.80 bits per heavy atom. The zero-order valence-corrected chi connectivity index (χ0v) is 2.97. The molecule has 0 aliphatic rings. The first-order chi connectivity index (χ1) is 2.41. The van der Waals surface area contributed by atoms with Gasteiger partial charge < -0.3 is 5.11 Å². The molecule has 0 aromatic carbocycles. The van der Waals surface area contributed by atoms with Gasteiger partial charge in [-0.05, 0) is 0 Å². The smallest absolute Gasteiger partial charge is 0.178 e. The summed E-state index contributed by atoms with van der Waals surface area (Å²) in [6, 6.07) is 0. The van der Waals surface area contributed by atoms with E-state index in [1.54, 1.807) is 0 Å². The van der Waals surface area contributed by atoms with Gasteiger partial charge in [0, 0.05) is 0 Å². The van der Waals surface area contributed by atoms with Gasteiger partial charge in [-0.25, -0.2) is 9.78 Å². The molecule has 0 radical (unpaired) electrons. The fourth-order valence-electron chi connectivity index (χ4n) is 0.0527. The maximum atomic E-state index is 7.72. The molecule has 0 fully saturated rings. The molecule has 3 heteroatoms. The summed E-state index contributed by atoms with van der Waals surface area (Å²) in [5, 5.41) is 7.72. The first-order valence-electron chi connectivity index (χ1n) is 1.18. The lowest BCUT2D eigenvalue weighted by Crippen LogP contribution is -1.87. The number of aliphatic hydroxyl groups excluding tert-OH is 1. The SMILES string of the molecule is COOCO. The van der Waals surface area contributed by atoms with Crippen LogP contribution in [0.5, 0.6) is 0 Å². The Hall–Kier alpha value is -0.120. The summed E-state index contributed by atoms with van der Waals surface area (Å²) >= 11 is 0. The summed E-state index contributed by atoms with van der Waals surface area (Å²) in [6.07, 6.45) is 0. The third-order valence-electron chi connectivity index (χ3n) is 0.171. The van der Waals surface area contributed by atoms with Gasteiger partial charge in [0.1, 0.15) is 0 Å². The molecular formula is C2H6O3. The molecule has 0 spiro atoms. The van der Waals surface area contributed by atoms with Crippen LogP contribution in [0.1, 0.15) is 0 Å². The fraction of sp³-hybridized carbons (Fsp3) is 1.00.